The van der Waals surface area contributed by atoms with Crippen LogP contribution in [0.15, 0.2) is 72.8 Å². The summed E-state index contributed by atoms with van der Waals surface area (Å²) < 4.78 is 0. The van der Waals surface area contributed by atoms with Crippen molar-refractivity contribution < 1.29 is 4.79 Å². The van der Waals surface area contributed by atoms with Crippen LogP contribution in [0.4, 0.5) is 5.69 Å². The molecule has 1 heterocycles. The van der Waals surface area contributed by atoms with E-state index in [1.807, 2.05) is 53.4 Å². The van der Waals surface area contributed by atoms with E-state index in [2.05, 4.69) is 36.5 Å². The van der Waals surface area contributed by atoms with Crippen LogP contribution in [0, 0.1) is 6.92 Å². The van der Waals surface area contributed by atoms with E-state index in [0.717, 1.165) is 16.8 Å². The predicted molar refractivity (Wildman–Crippen MR) is 105 cm³/mol. The fourth-order valence-electron chi connectivity index (χ4n) is 3.25. The second-order valence-electron chi connectivity index (χ2n) is 6.56. The molecule has 1 N–H and O–H groups in total. The van der Waals surface area contributed by atoms with Crippen LogP contribution in [0.25, 0.3) is 0 Å². The van der Waals surface area contributed by atoms with Gasteiger partial charge in [-0.05, 0) is 42.3 Å². The molecule has 130 valence electrons. The average molecular weight is 363 g/mol. The lowest BCUT2D eigenvalue weighted by Gasteiger charge is -2.38. The molecule has 0 radical (unpaired) electrons. The fourth-order valence-corrected chi connectivity index (χ4v) is 3.38. The largest absolute Gasteiger partial charge is 0.361 e. The standard InChI is InChI=1S/C22H19ClN2O/c1-15-6-10-17(11-7-15)21-24-20-5-3-2-4-19(20)22(26)25(21)14-16-8-12-18(23)13-9-16/h2-13,21,24H,14H2,1H3. The molecular weight excluding hydrogens is 344 g/mol. The first-order valence-corrected chi connectivity index (χ1v) is 8.97. The van der Waals surface area contributed by atoms with E-state index < -0.39 is 0 Å². The van der Waals surface area contributed by atoms with Gasteiger partial charge in [-0.15, -0.1) is 0 Å². The Bertz CT molecular complexity index is 935. The van der Waals surface area contributed by atoms with E-state index in [4.69, 9.17) is 11.6 Å². The van der Waals surface area contributed by atoms with Crippen molar-refractivity contribution in [3.63, 3.8) is 0 Å². The zero-order valence-electron chi connectivity index (χ0n) is 14.4. The molecule has 0 saturated heterocycles. The monoisotopic (exact) mass is 362 g/mol. The Morgan fingerprint density at radius 2 is 1.65 bits per heavy atom. The summed E-state index contributed by atoms with van der Waals surface area (Å²) in [7, 11) is 0. The number of halogens is 1. The highest BCUT2D eigenvalue weighted by Crippen LogP contribution is 2.34. The molecular formula is C22H19ClN2O. The Morgan fingerprint density at radius 1 is 0.962 bits per heavy atom. The lowest BCUT2D eigenvalue weighted by molar-refractivity contribution is 0.0666. The van der Waals surface area contributed by atoms with Crippen molar-refractivity contribution in [2.24, 2.45) is 0 Å². The summed E-state index contributed by atoms with van der Waals surface area (Å²) in [6, 6.07) is 23.6. The third-order valence-electron chi connectivity index (χ3n) is 4.68. The Hall–Kier alpha value is -2.78. The molecule has 0 aromatic heterocycles. The van der Waals surface area contributed by atoms with Gasteiger partial charge >= 0.3 is 0 Å². The van der Waals surface area contributed by atoms with Crippen molar-refractivity contribution in [2.75, 3.05) is 5.32 Å². The Kier molecular flexibility index (Phi) is 4.39. The van der Waals surface area contributed by atoms with E-state index in [1.165, 1.54) is 5.56 Å². The van der Waals surface area contributed by atoms with Crippen LogP contribution in [0.3, 0.4) is 0 Å². The zero-order chi connectivity index (χ0) is 18.1. The number of nitrogens with one attached hydrogen (secondary N) is 1. The minimum atomic E-state index is -0.214. The van der Waals surface area contributed by atoms with Crippen LogP contribution in [0.1, 0.15) is 33.2 Å². The van der Waals surface area contributed by atoms with Crippen molar-refractivity contribution >= 4 is 23.2 Å². The first-order chi connectivity index (χ1) is 12.6. The molecule has 0 fully saturated rings. The van der Waals surface area contributed by atoms with Gasteiger partial charge in [-0.2, -0.15) is 0 Å². The van der Waals surface area contributed by atoms with E-state index in [1.54, 1.807) is 0 Å². The average Bonchev–Trinajstić information content (AvgIpc) is 2.66. The molecule has 26 heavy (non-hydrogen) atoms. The summed E-state index contributed by atoms with van der Waals surface area (Å²) in [4.78, 5) is 15.1. The van der Waals surface area contributed by atoms with E-state index in [-0.39, 0.29) is 12.1 Å². The molecule has 1 unspecified atom stereocenters. The van der Waals surface area contributed by atoms with Crippen molar-refractivity contribution in [3.05, 3.63) is 100 Å². The summed E-state index contributed by atoms with van der Waals surface area (Å²) in [5.74, 6) is 0.0277. The van der Waals surface area contributed by atoms with Gasteiger partial charge in [-0.25, -0.2) is 0 Å². The summed E-state index contributed by atoms with van der Waals surface area (Å²) in [6.45, 7) is 2.57. The van der Waals surface area contributed by atoms with Crippen LogP contribution in [-0.2, 0) is 6.54 Å². The minimum absolute atomic E-state index is 0.0277. The van der Waals surface area contributed by atoms with Crippen molar-refractivity contribution in [1.29, 1.82) is 0 Å². The summed E-state index contributed by atoms with van der Waals surface area (Å²) in [5.41, 5.74) is 4.87. The molecule has 0 spiro atoms. The molecule has 1 atom stereocenters. The van der Waals surface area contributed by atoms with E-state index >= 15 is 0 Å². The second-order valence-corrected chi connectivity index (χ2v) is 7.00. The first kappa shape index (κ1) is 16.7. The summed E-state index contributed by atoms with van der Waals surface area (Å²) in [6.07, 6.45) is -0.214. The molecule has 1 amide bonds. The highest BCUT2D eigenvalue weighted by atomic mass is 35.5. The number of carbonyl (C=O) groups is 1. The molecule has 1 aliphatic heterocycles. The number of nitrogens with zero attached hydrogens (tertiary/aromatic N) is 1. The molecule has 0 saturated carbocycles. The van der Waals surface area contributed by atoms with Gasteiger partial charge in [0.05, 0.1) is 5.56 Å². The summed E-state index contributed by atoms with van der Waals surface area (Å²) >= 11 is 6.00. The highest BCUT2D eigenvalue weighted by molar-refractivity contribution is 6.30. The fraction of sp³-hybridized carbons (Fsp3) is 0.136. The van der Waals surface area contributed by atoms with Gasteiger partial charge in [0.15, 0.2) is 0 Å². The number of anilines is 1. The van der Waals surface area contributed by atoms with Crippen molar-refractivity contribution in [2.45, 2.75) is 19.6 Å². The van der Waals surface area contributed by atoms with Gasteiger partial charge in [0.2, 0.25) is 0 Å². The lowest BCUT2D eigenvalue weighted by atomic mass is 10.0. The Morgan fingerprint density at radius 3 is 2.38 bits per heavy atom. The van der Waals surface area contributed by atoms with Crippen LogP contribution in [0.2, 0.25) is 5.02 Å². The minimum Gasteiger partial charge on any atom is -0.361 e. The zero-order valence-corrected chi connectivity index (χ0v) is 15.2. The maximum absolute atomic E-state index is 13.2. The lowest BCUT2D eigenvalue weighted by Crippen LogP contribution is -2.42. The molecule has 1 aliphatic rings. The predicted octanol–water partition coefficient (Wildman–Crippen LogP) is 5.42. The van der Waals surface area contributed by atoms with Gasteiger partial charge in [0.1, 0.15) is 6.17 Å². The Balaban J connectivity index is 1.74. The molecule has 0 aliphatic carbocycles. The topological polar surface area (TPSA) is 32.3 Å². The third-order valence-corrected chi connectivity index (χ3v) is 4.93. The van der Waals surface area contributed by atoms with Gasteiger partial charge in [-0.1, -0.05) is 65.7 Å². The molecule has 3 nitrogen and oxygen atoms in total. The number of hydrogen-bond donors (Lipinski definition) is 1. The van der Waals surface area contributed by atoms with E-state index in [0.29, 0.717) is 17.1 Å². The van der Waals surface area contributed by atoms with Gasteiger partial charge < -0.3 is 10.2 Å². The third kappa shape index (κ3) is 3.18. The molecule has 4 rings (SSSR count). The summed E-state index contributed by atoms with van der Waals surface area (Å²) in [5, 5.41) is 4.22. The smallest absolute Gasteiger partial charge is 0.258 e. The molecule has 3 aromatic carbocycles. The van der Waals surface area contributed by atoms with E-state index in [9.17, 15) is 4.79 Å². The molecule has 4 heteroatoms. The Labute approximate surface area is 158 Å². The number of aryl methyl sites for hydroxylation is 1. The number of amides is 1. The molecule has 3 aromatic rings. The van der Waals surface area contributed by atoms with Gasteiger partial charge in [-0.3, -0.25) is 4.79 Å². The normalized spacial score (nSPS) is 16.2. The van der Waals surface area contributed by atoms with Gasteiger partial charge in [0.25, 0.3) is 5.91 Å². The van der Waals surface area contributed by atoms with Crippen LogP contribution in [0.5, 0.6) is 0 Å². The highest BCUT2D eigenvalue weighted by Gasteiger charge is 2.32. The number of hydrogen-bond acceptors (Lipinski definition) is 2. The number of carbonyl (C=O) groups excluding carboxylic acids is 1. The number of fused-ring (bicyclic) bond motifs is 1. The van der Waals surface area contributed by atoms with Crippen LogP contribution >= 0.6 is 11.6 Å². The van der Waals surface area contributed by atoms with Gasteiger partial charge in [0, 0.05) is 17.3 Å². The maximum Gasteiger partial charge on any atom is 0.258 e. The van der Waals surface area contributed by atoms with Crippen molar-refractivity contribution in [1.82, 2.24) is 4.90 Å². The number of para-hydroxylation sites is 1. The SMILES string of the molecule is Cc1ccc(C2Nc3ccccc3C(=O)N2Cc2ccc(Cl)cc2)cc1. The van der Waals surface area contributed by atoms with Crippen LogP contribution < -0.4 is 5.32 Å². The maximum atomic E-state index is 13.2. The van der Waals surface area contributed by atoms with Crippen LogP contribution in [-0.4, -0.2) is 10.8 Å². The number of rotatable bonds is 3. The van der Waals surface area contributed by atoms with Crippen molar-refractivity contribution in [3.8, 4) is 0 Å². The first-order valence-electron chi connectivity index (χ1n) is 8.59. The molecule has 0 bridgehead atoms. The number of benzene rings is 3. The quantitative estimate of drug-likeness (QED) is 0.675. The second kappa shape index (κ2) is 6.85.